The molecule has 1 aliphatic heterocycles. The minimum atomic E-state index is -3.56. The highest BCUT2D eigenvalue weighted by atomic mass is 32.2. The van der Waals surface area contributed by atoms with E-state index in [0.29, 0.717) is 29.8 Å². The molecule has 6 heteroatoms. The molecule has 100 valence electrons. The van der Waals surface area contributed by atoms with Gasteiger partial charge in [-0.2, -0.15) is 4.31 Å². The molecule has 1 atom stereocenters. The van der Waals surface area contributed by atoms with Crippen LogP contribution in [0, 0.1) is 13.8 Å². The fourth-order valence-electron chi connectivity index (χ4n) is 2.30. The summed E-state index contributed by atoms with van der Waals surface area (Å²) in [6, 6.07) is 3.42. The van der Waals surface area contributed by atoms with Crippen molar-refractivity contribution < 1.29 is 13.5 Å². The maximum atomic E-state index is 12.5. The molecule has 2 rings (SSSR count). The number of nitrogens with two attached hydrogens (primary N) is 1. The van der Waals surface area contributed by atoms with E-state index in [1.54, 1.807) is 26.0 Å². The van der Waals surface area contributed by atoms with Crippen molar-refractivity contribution in [2.24, 2.45) is 0 Å². The van der Waals surface area contributed by atoms with Gasteiger partial charge in [-0.05, 0) is 37.5 Å². The number of hydrogen-bond donors (Lipinski definition) is 2. The van der Waals surface area contributed by atoms with Crippen molar-refractivity contribution in [3.8, 4) is 0 Å². The second-order valence-corrected chi connectivity index (χ2v) is 6.61. The Morgan fingerprint density at radius 2 is 2.06 bits per heavy atom. The first-order valence-electron chi connectivity index (χ1n) is 5.88. The maximum Gasteiger partial charge on any atom is 0.243 e. The fraction of sp³-hybridized carbons (Fsp3) is 0.500. The van der Waals surface area contributed by atoms with E-state index in [9.17, 15) is 13.5 Å². The van der Waals surface area contributed by atoms with E-state index in [-0.39, 0.29) is 11.4 Å². The van der Waals surface area contributed by atoms with Crippen LogP contribution in [-0.2, 0) is 10.0 Å². The summed E-state index contributed by atoms with van der Waals surface area (Å²) in [4.78, 5) is 0.275. The van der Waals surface area contributed by atoms with Crippen LogP contribution in [0.15, 0.2) is 17.0 Å². The molecule has 1 aliphatic rings. The lowest BCUT2D eigenvalue weighted by Gasteiger charge is -2.19. The molecule has 0 spiro atoms. The molecule has 0 amide bonds. The SMILES string of the molecule is Cc1ccc(N)c(C)c1S(=O)(=O)N1CC[C@H](O)C1. The summed E-state index contributed by atoms with van der Waals surface area (Å²) in [6.07, 6.45) is -0.0824. The standard InChI is InChI=1S/C12H18N2O3S/c1-8-3-4-11(13)9(2)12(8)18(16,17)14-6-5-10(15)7-14/h3-4,10,15H,5-7,13H2,1-2H3/t10-/m0/s1. The number of nitrogens with zero attached hydrogens (tertiary/aromatic N) is 1. The lowest BCUT2D eigenvalue weighted by molar-refractivity contribution is 0.189. The van der Waals surface area contributed by atoms with Crippen LogP contribution in [-0.4, -0.2) is 37.0 Å². The molecule has 1 aromatic carbocycles. The predicted molar refractivity (Wildman–Crippen MR) is 69.7 cm³/mol. The van der Waals surface area contributed by atoms with E-state index in [2.05, 4.69) is 0 Å². The first kappa shape index (κ1) is 13.3. The van der Waals surface area contributed by atoms with Crippen molar-refractivity contribution in [3.05, 3.63) is 23.3 Å². The summed E-state index contributed by atoms with van der Waals surface area (Å²) >= 11 is 0. The van der Waals surface area contributed by atoms with Crippen molar-refractivity contribution in [1.82, 2.24) is 4.31 Å². The number of rotatable bonds is 2. The molecule has 18 heavy (non-hydrogen) atoms. The van der Waals surface area contributed by atoms with Gasteiger partial charge in [0.2, 0.25) is 10.0 Å². The summed E-state index contributed by atoms with van der Waals surface area (Å²) in [7, 11) is -3.56. The summed E-state index contributed by atoms with van der Waals surface area (Å²) in [5.74, 6) is 0. The summed E-state index contributed by atoms with van der Waals surface area (Å²) in [5.41, 5.74) is 7.51. The van der Waals surface area contributed by atoms with E-state index >= 15 is 0 Å². The second kappa shape index (κ2) is 4.53. The third-order valence-corrected chi connectivity index (χ3v) is 5.52. The number of β-amino-alcohol motifs (C(OH)–C–C–N with tert-alkyl or cyclic N) is 1. The predicted octanol–water partition coefficient (Wildman–Crippen LogP) is 0.641. The zero-order valence-electron chi connectivity index (χ0n) is 10.5. The monoisotopic (exact) mass is 270 g/mol. The topological polar surface area (TPSA) is 83.6 Å². The molecule has 0 aliphatic carbocycles. The van der Waals surface area contributed by atoms with Gasteiger partial charge in [0.05, 0.1) is 11.0 Å². The van der Waals surface area contributed by atoms with Crippen LogP contribution in [0.3, 0.4) is 0 Å². The molecule has 1 saturated heterocycles. The van der Waals surface area contributed by atoms with E-state index in [0.717, 1.165) is 0 Å². The van der Waals surface area contributed by atoms with Gasteiger partial charge in [-0.3, -0.25) is 0 Å². The van der Waals surface area contributed by atoms with Crippen molar-refractivity contribution in [2.75, 3.05) is 18.8 Å². The number of anilines is 1. The summed E-state index contributed by atoms with van der Waals surface area (Å²) in [6.45, 7) is 3.99. The Morgan fingerprint density at radius 1 is 1.39 bits per heavy atom. The first-order chi connectivity index (χ1) is 8.34. The Hall–Kier alpha value is -1.11. The molecule has 0 unspecified atom stereocenters. The second-order valence-electron chi connectivity index (χ2n) is 4.73. The molecule has 1 heterocycles. The third kappa shape index (κ3) is 2.11. The zero-order chi connectivity index (χ0) is 13.5. The van der Waals surface area contributed by atoms with E-state index in [4.69, 9.17) is 5.73 Å². The quantitative estimate of drug-likeness (QED) is 0.773. The maximum absolute atomic E-state index is 12.5. The largest absolute Gasteiger partial charge is 0.398 e. The van der Waals surface area contributed by atoms with E-state index < -0.39 is 16.1 Å². The highest BCUT2D eigenvalue weighted by Gasteiger charge is 2.33. The van der Waals surface area contributed by atoms with Gasteiger partial charge in [0.25, 0.3) is 0 Å². The highest BCUT2D eigenvalue weighted by Crippen LogP contribution is 2.29. The van der Waals surface area contributed by atoms with Gasteiger partial charge in [0, 0.05) is 18.8 Å². The van der Waals surface area contributed by atoms with Gasteiger partial charge >= 0.3 is 0 Å². The molecule has 0 aromatic heterocycles. The Morgan fingerprint density at radius 3 is 2.61 bits per heavy atom. The van der Waals surface area contributed by atoms with E-state index in [1.807, 2.05) is 0 Å². The Balaban J connectivity index is 2.51. The van der Waals surface area contributed by atoms with Gasteiger partial charge in [-0.15, -0.1) is 0 Å². The highest BCUT2D eigenvalue weighted by molar-refractivity contribution is 7.89. The number of aliphatic hydroxyl groups is 1. The number of hydrogen-bond acceptors (Lipinski definition) is 4. The minimum Gasteiger partial charge on any atom is -0.398 e. The van der Waals surface area contributed by atoms with Gasteiger partial charge < -0.3 is 10.8 Å². The first-order valence-corrected chi connectivity index (χ1v) is 7.32. The molecule has 1 aromatic rings. The Bertz CT molecular complexity index is 569. The summed E-state index contributed by atoms with van der Waals surface area (Å²) < 4.78 is 26.4. The van der Waals surface area contributed by atoms with Crippen LogP contribution in [0.25, 0.3) is 0 Å². The van der Waals surface area contributed by atoms with Crippen molar-refractivity contribution in [3.63, 3.8) is 0 Å². The van der Waals surface area contributed by atoms with E-state index in [1.165, 1.54) is 4.31 Å². The Kier molecular flexibility index (Phi) is 3.35. The average Bonchev–Trinajstić information content (AvgIpc) is 2.71. The molecule has 0 bridgehead atoms. The van der Waals surface area contributed by atoms with Crippen molar-refractivity contribution in [1.29, 1.82) is 0 Å². The fourth-order valence-corrected chi connectivity index (χ4v) is 4.25. The lowest BCUT2D eigenvalue weighted by atomic mass is 10.1. The van der Waals surface area contributed by atoms with Crippen molar-refractivity contribution in [2.45, 2.75) is 31.3 Å². The molecular formula is C12H18N2O3S. The average molecular weight is 270 g/mol. The number of aryl methyl sites for hydroxylation is 1. The smallest absolute Gasteiger partial charge is 0.243 e. The molecule has 5 nitrogen and oxygen atoms in total. The van der Waals surface area contributed by atoms with Crippen molar-refractivity contribution >= 4 is 15.7 Å². The number of aliphatic hydroxyl groups excluding tert-OH is 1. The van der Waals surface area contributed by atoms with Crippen LogP contribution in [0.2, 0.25) is 0 Å². The number of sulfonamides is 1. The van der Waals surface area contributed by atoms with Gasteiger partial charge in [0.1, 0.15) is 0 Å². The van der Waals surface area contributed by atoms with Crippen LogP contribution >= 0.6 is 0 Å². The van der Waals surface area contributed by atoms with Gasteiger partial charge in [-0.25, -0.2) is 8.42 Å². The van der Waals surface area contributed by atoms with Crippen LogP contribution in [0.1, 0.15) is 17.5 Å². The Labute approximate surface area is 107 Å². The van der Waals surface area contributed by atoms with Gasteiger partial charge in [-0.1, -0.05) is 6.07 Å². The lowest BCUT2D eigenvalue weighted by Crippen LogP contribution is -2.31. The van der Waals surface area contributed by atoms with Gasteiger partial charge in [0.15, 0.2) is 0 Å². The van der Waals surface area contributed by atoms with Crippen LogP contribution < -0.4 is 5.73 Å². The zero-order valence-corrected chi connectivity index (χ0v) is 11.4. The minimum absolute atomic E-state index is 0.163. The normalized spacial score (nSPS) is 21.4. The molecule has 0 saturated carbocycles. The molecular weight excluding hydrogens is 252 g/mol. The third-order valence-electron chi connectivity index (χ3n) is 3.37. The summed E-state index contributed by atoms with van der Waals surface area (Å²) in [5, 5.41) is 9.47. The molecule has 1 fully saturated rings. The number of nitrogen functional groups attached to an aromatic ring is 1. The molecule has 3 N–H and O–H groups in total. The molecule has 0 radical (unpaired) electrons. The number of benzene rings is 1. The van der Waals surface area contributed by atoms with Crippen LogP contribution in [0.5, 0.6) is 0 Å². The van der Waals surface area contributed by atoms with Crippen LogP contribution in [0.4, 0.5) is 5.69 Å².